The van der Waals surface area contributed by atoms with Crippen LogP contribution < -0.4 is 10.6 Å². The number of carbonyl (C=O) groups is 4. The van der Waals surface area contributed by atoms with Crippen LogP contribution in [0.25, 0.3) is 11.8 Å². The number of ether oxygens (including phenoxy) is 1. The van der Waals surface area contributed by atoms with Crippen LogP contribution in [0.2, 0.25) is 5.02 Å². The van der Waals surface area contributed by atoms with Gasteiger partial charge in [-0.25, -0.2) is 9.18 Å². The van der Waals surface area contributed by atoms with E-state index >= 15 is 0 Å². The van der Waals surface area contributed by atoms with Crippen molar-refractivity contribution in [3.63, 3.8) is 0 Å². The summed E-state index contributed by atoms with van der Waals surface area (Å²) in [5.74, 6) is -2.73. The number of hydrogen-bond acceptors (Lipinski definition) is 9. The second-order valence-electron chi connectivity index (χ2n) is 11.7. The molecule has 1 aliphatic heterocycles. The maximum absolute atomic E-state index is 15.0. The highest BCUT2D eigenvalue weighted by molar-refractivity contribution is 6.31. The Bertz CT molecular complexity index is 1580. The number of likely N-dealkylation sites (N-methyl/N-ethyl adjacent to an activating group) is 1. The van der Waals surface area contributed by atoms with Crippen molar-refractivity contribution in [3.8, 4) is 5.69 Å². The zero-order valence-electron chi connectivity index (χ0n) is 26.0. The number of nitrogens with zero attached hydrogens (tertiary/aromatic N) is 6. The van der Waals surface area contributed by atoms with Gasteiger partial charge in [-0.05, 0) is 87.1 Å². The van der Waals surface area contributed by atoms with Crippen LogP contribution in [0.3, 0.4) is 0 Å². The van der Waals surface area contributed by atoms with E-state index in [0.717, 1.165) is 19.2 Å². The number of piperazine rings is 1. The monoisotopic (exact) mass is 654 g/mol. The first kappa shape index (κ1) is 34.2. The summed E-state index contributed by atoms with van der Waals surface area (Å²) in [5.41, 5.74) is 0.183. The first-order valence-corrected chi connectivity index (χ1v) is 15.0. The van der Waals surface area contributed by atoms with Gasteiger partial charge in [-0.15, -0.1) is 5.10 Å². The van der Waals surface area contributed by atoms with Crippen LogP contribution in [0.15, 0.2) is 48.8 Å². The molecule has 4 rings (SSSR count). The van der Waals surface area contributed by atoms with Crippen molar-refractivity contribution in [3.05, 3.63) is 70.8 Å². The van der Waals surface area contributed by atoms with Gasteiger partial charge in [-0.3, -0.25) is 14.4 Å². The molecule has 1 fully saturated rings. The number of anilines is 1. The molecule has 2 aromatic carbocycles. The van der Waals surface area contributed by atoms with Crippen LogP contribution in [0.5, 0.6) is 0 Å². The van der Waals surface area contributed by atoms with Gasteiger partial charge in [-0.2, -0.15) is 4.68 Å². The number of benzene rings is 2. The van der Waals surface area contributed by atoms with Crippen molar-refractivity contribution in [2.75, 3.05) is 38.5 Å². The van der Waals surface area contributed by atoms with Crippen molar-refractivity contribution in [1.82, 2.24) is 35.3 Å². The fourth-order valence-electron chi connectivity index (χ4n) is 4.57. The lowest BCUT2D eigenvalue weighted by Crippen LogP contribution is -2.48. The van der Waals surface area contributed by atoms with E-state index in [1.165, 1.54) is 53.5 Å². The van der Waals surface area contributed by atoms with Crippen LogP contribution in [0.4, 0.5) is 10.1 Å². The maximum atomic E-state index is 15.0. The van der Waals surface area contributed by atoms with Gasteiger partial charge in [0.25, 0.3) is 0 Å². The Kier molecular flexibility index (Phi) is 11.2. The molecule has 0 bridgehead atoms. The number of aromatic nitrogens is 4. The molecule has 1 aromatic heterocycles. The Balaban J connectivity index is 1.49. The fourth-order valence-corrected chi connectivity index (χ4v) is 4.74. The predicted molar refractivity (Wildman–Crippen MR) is 169 cm³/mol. The summed E-state index contributed by atoms with van der Waals surface area (Å²) in [6.07, 6.45) is 3.54. The number of esters is 1. The summed E-state index contributed by atoms with van der Waals surface area (Å²) in [7, 11) is 1.98. The molecule has 1 unspecified atom stereocenters. The zero-order valence-corrected chi connectivity index (χ0v) is 26.8. The highest BCUT2D eigenvalue weighted by atomic mass is 35.5. The minimum absolute atomic E-state index is 0.00792. The maximum Gasteiger partial charge on any atom is 0.338 e. The van der Waals surface area contributed by atoms with Crippen LogP contribution in [0.1, 0.15) is 49.5 Å². The molecule has 1 aliphatic rings. The average Bonchev–Trinajstić information content (AvgIpc) is 3.54. The third-order valence-corrected chi connectivity index (χ3v) is 7.32. The lowest BCUT2D eigenvalue weighted by Gasteiger charge is -2.32. The fraction of sp³-hybridized carbons (Fsp3) is 0.387. The normalized spacial score (nSPS) is 14.6. The summed E-state index contributed by atoms with van der Waals surface area (Å²) < 4.78 is 21.6. The van der Waals surface area contributed by atoms with E-state index in [4.69, 9.17) is 16.3 Å². The first-order valence-electron chi connectivity index (χ1n) is 14.6. The van der Waals surface area contributed by atoms with Crippen LogP contribution in [-0.4, -0.2) is 98.6 Å². The molecule has 13 nitrogen and oxygen atoms in total. The lowest BCUT2D eigenvalue weighted by atomic mass is 10.1. The van der Waals surface area contributed by atoms with Gasteiger partial charge >= 0.3 is 5.97 Å². The van der Waals surface area contributed by atoms with Gasteiger partial charge in [0.05, 0.1) is 16.3 Å². The molecule has 1 saturated heterocycles. The predicted octanol–water partition coefficient (Wildman–Crippen LogP) is 3.10. The molecule has 244 valence electrons. The Morgan fingerprint density at radius 1 is 1.07 bits per heavy atom. The molecule has 15 heteroatoms. The minimum Gasteiger partial charge on any atom is -0.456 e. The van der Waals surface area contributed by atoms with Gasteiger partial charge < -0.3 is 25.2 Å². The van der Waals surface area contributed by atoms with E-state index in [1.807, 2.05) is 7.05 Å². The Labute approximate surface area is 270 Å². The third kappa shape index (κ3) is 9.41. The average molecular weight is 655 g/mol. The van der Waals surface area contributed by atoms with Crippen LogP contribution >= 0.6 is 11.6 Å². The van der Waals surface area contributed by atoms with Crippen LogP contribution in [-0.2, 0) is 19.1 Å². The summed E-state index contributed by atoms with van der Waals surface area (Å²) in [4.78, 5) is 55.6. The van der Waals surface area contributed by atoms with Crippen molar-refractivity contribution < 1.29 is 28.3 Å². The molecule has 46 heavy (non-hydrogen) atoms. The SMILES string of the molecule is CN1CCN(C(=O)CCC(NC(=O)/C=C/c2c(-n3cnnn3)ccc(Cl)c2F)C(=O)Nc2ccc(C(=O)OC(C)(C)C)cc2)CC1. The van der Waals surface area contributed by atoms with Gasteiger partial charge in [0.1, 0.15) is 18.0 Å². The summed E-state index contributed by atoms with van der Waals surface area (Å²) >= 11 is 5.98. The van der Waals surface area contributed by atoms with E-state index in [9.17, 15) is 23.6 Å². The molecule has 3 aromatic rings. The van der Waals surface area contributed by atoms with Crippen molar-refractivity contribution in [1.29, 1.82) is 0 Å². The number of amides is 3. The largest absolute Gasteiger partial charge is 0.456 e. The number of hydrogen-bond donors (Lipinski definition) is 2. The molecule has 3 amide bonds. The Morgan fingerprint density at radius 2 is 1.76 bits per heavy atom. The smallest absolute Gasteiger partial charge is 0.338 e. The molecule has 2 N–H and O–H groups in total. The number of tetrazole rings is 1. The first-order chi connectivity index (χ1) is 21.8. The van der Waals surface area contributed by atoms with E-state index in [2.05, 4.69) is 31.1 Å². The molecular weight excluding hydrogens is 619 g/mol. The molecular formula is C31H36ClFN8O5. The summed E-state index contributed by atoms with van der Waals surface area (Å²) in [6.45, 7) is 7.90. The summed E-state index contributed by atoms with van der Waals surface area (Å²) in [6, 6.07) is 7.80. The highest BCUT2D eigenvalue weighted by Gasteiger charge is 2.25. The molecule has 0 radical (unpaired) electrons. The number of carbonyl (C=O) groups excluding carboxylic acids is 4. The van der Waals surface area contributed by atoms with Gasteiger partial charge in [0.2, 0.25) is 17.7 Å². The molecule has 0 aliphatic carbocycles. The molecule has 0 saturated carbocycles. The molecule has 1 atom stereocenters. The van der Waals surface area contributed by atoms with Crippen LogP contribution in [0, 0.1) is 5.82 Å². The third-order valence-electron chi connectivity index (χ3n) is 7.03. The lowest BCUT2D eigenvalue weighted by molar-refractivity contribution is -0.133. The minimum atomic E-state index is -1.12. The van der Waals surface area contributed by atoms with Gasteiger partial charge in [0.15, 0.2) is 5.82 Å². The highest BCUT2D eigenvalue weighted by Crippen LogP contribution is 2.25. The zero-order chi connectivity index (χ0) is 33.4. The number of nitrogens with one attached hydrogen (secondary N) is 2. The Morgan fingerprint density at radius 3 is 2.39 bits per heavy atom. The Hall–Kier alpha value is -4.69. The van der Waals surface area contributed by atoms with E-state index in [1.54, 1.807) is 25.7 Å². The molecule has 0 spiro atoms. The topological polar surface area (TPSA) is 152 Å². The van der Waals surface area contributed by atoms with E-state index in [0.29, 0.717) is 24.3 Å². The van der Waals surface area contributed by atoms with Crippen molar-refractivity contribution in [2.45, 2.75) is 45.3 Å². The van der Waals surface area contributed by atoms with Crippen molar-refractivity contribution >= 4 is 47.1 Å². The van der Waals surface area contributed by atoms with Gasteiger partial charge in [-0.1, -0.05) is 11.6 Å². The standard InChI is InChI=1S/C31H36ClFN8O5/c1-31(2,3)46-30(45)20-5-7-21(8-6-20)35-29(44)24(11-14-27(43)40-17-15-39(4)16-18-40)36-26(42)13-9-22-25(41-19-34-37-38-41)12-10-23(32)28(22)33/h5-10,12-13,19,24H,11,14-18H2,1-4H3,(H,35,44)(H,36,42)/b13-9+. The van der Waals surface area contributed by atoms with E-state index < -0.39 is 35.2 Å². The number of halogens is 2. The van der Waals surface area contributed by atoms with Gasteiger partial charge in [0, 0.05) is 49.9 Å². The summed E-state index contributed by atoms with van der Waals surface area (Å²) in [5, 5.41) is 16.0. The second-order valence-corrected chi connectivity index (χ2v) is 12.1. The number of rotatable bonds is 10. The second kappa shape index (κ2) is 15.1. The van der Waals surface area contributed by atoms with E-state index in [-0.39, 0.29) is 35.0 Å². The quantitative estimate of drug-likeness (QED) is 0.248. The molecule has 2 heterocycles. The van der Waals surface area contributed by atoms with Crippen molar-refractivity contribution in [2.24, 2.45) is 0 Å².